The quantitative estimate of drug-likeness (QED) is 0.481. The summed E-state index contributed by atoms with van der Waals surface area (Å²) >= 11 is 0. The smallest absolute Gasteiger partial charge is 0.407 e. The Morgan fingerprint density at radius 1 is 1.17 bits per heavy atom. The van der Waals surface area contributed by atoms with Crippen molar-refractivity contribution in [3.05, 3.63) is 53.5 Å². The SMILES string of the molecule is CCCCc1nc(N)c2c(n1)c(C#CCN1CCN(C(=O)O)CC1)cn2COCc1ccccc1. The van der Waals surface area contributed by atoms with Crippen molar-refractivity contribution in [2.75, 3.05) is 38.5 Å². The van der Waals surface area contributed by atoms with Gasteiger partial charge < -0.3 is 25.0 Å². The molecule has 1 aromatic carbocycles. The van der Waals surface area contributed by atoms with Gasteiger partial charge in [0.15, 0.2) is 5.82 Å². The molecule has 0 spiro atoms. The fourth-order valence-electron chi connectivity index (χ4n) is 4.09. The molecule has 0 atom stereocenters. The Morgan fingerprint density at radius 2 is 1.94 bits per heavy atom. The fraction of sp³-hybridized carbons (Fsp3) is 0.423. The maximum Gasteiger partial charge on any atom is 0.407 e. The van der Waals surface area contributed by atoms with Crippen molar-refractivity contribution in [1.29, 1.82) is 0 Å². The molecular formula is C26H32N6O3. The van der Waals surface area contributed by atoms with Crippen LogP contribution in [0.25, 0.3) is 11.0 Å². The van der Waals surface area contributed by atoms with Crippen molar-refractivity contribution in [3.63, 3.8) is 0 Å². The number of fused-ring (bicyclic) bond motifs is 1. The van der Waals surface area contributed by atoms with E-state index in [-0.39, 0.29) is 0 Å². The molecule has 3 aromatic rings. The van der Waals surface area contributed by atoms with Crippen molar-refractivity contribution < 1.29 is 14.6 Å². The number of carboxylic acid groups (broad SMARTS) is 1. The highest BCUT2D eigenvalue weighted by atomic mass is 16.5. The number of amides is 1. The normalized spacial score (nSPS) is 14.1. The maximum absolute atomic E-state index is 11.1. The van der Waals surface area contributed by atoms with Crippen molar-refractivity contribution in [3.8, 4) is 11.8 Å². The van der Waals surface area contributed by atoms with Crippen LogP contribution in [0.2, 0.25) is 0 Å². The van der Waals surface area contributed by atoms with Crippen molar-refractivity contribution in [2.45, 2.75) is 39.5 Å². The third-order valence-corrected chi connectivity index (χ3v) is 6.05. The van der Waals surface area contributed by atoms with E-state index in [0.29, 0.717) is 51.9 Å². The lowest BCUT2D eigenvalue weighted by Crippen LogP contribution is -2.48. The topological polar surface area (TPSA) is 110 Å². The van der Waals surface area contributed by atoms with E-state index in [1.165, 1.54) is 4.90 Å². The Bertz CT molecular complexity index is 1210. The fourth-order valence-corrected chi connectivity index (χ4v) is 4.09. The van der Waals surface area contributed by atoms with Crippen molar-refractivity contribution in [1.82, 2.24) is 24.3 Å². The number of piperazine rings is 1. The second-order valence-electron chi connectivity index (χ2n) is 8.65. The lowest BCUT2D eigenvalue weighted by Gasteiger charge is -2.31. The van der Waals surface area contributed by atoms with E-state index < -0.39 is 6.09 Å². The molecule has 0 radical (unpaired) electrons. The van der Waals surface area contributed by atoms with Crippen LogP contribution in [-0.4, -0.2) is 68.3 Å². The number of unbranched alkanes of at least 4 members (excludes halogenated alkanes) is 1. The van der Waals surface area contributed by atoms with E-state index in [4.69, 9.17) is 20.6 Å². The molecule has 0 unspecified atom stereocenters. The van der Waals surface area contributed by atoms with E-state index in [0.717, 1.165) is 47.2 Å². The van der Waals surface area contributed by atoms with Gasteiger partial charge in [0.25, 0.3) is 0 Å². The lowest BCUT2D eigenvalue weighted by atomic mass is 10.2. The van der Waals surface area contributed by atoms with E-state index in [9.17, 15) is 4.79 Å². The molecule has 3 heterocycles. The number of rotatable bonds is 8. The predicted molar refractivity (Wildman–Crippen MR) is 135 cm³/mol. The average Bonchev–Trinajstić information content (AvgIpc) is 3.21. The highest BCUT2D eigenvalue weighted by Gasteiger charge is 2.19. The van der Waals surface area contributed by atoms with Crippen LogP contribution in [0.5, 0.6) is 0 Å². The molecule has 0 saturated carbocycles. The molecule has 3 N–H and O–H groups in total. The number of ether oxygens (including phenoxy) is 1. The molecule has 1 fully saturated rings. The number of nitrogens with zero attached hydrogens (tertiary/aromatic N) is 5. The zero-order valence-corrected chi connectivity index (χ0v) is 20.1. The molecular weight excluding hydrogens is 444 g/mol. The summed E-state index contributed by atoms with van der Waals surface area (Å²) in [7, 11) is 0. The lowest BCUT2D eigenvalue weighted by molar-refractivity contribution is 0.0668. The molecule has 0 bridgehead atoms. The second kappa shape index (κ2) is 11.7. The van der Waals surface area contributed by atoms with Gasteiger partial charge in [-0.15, -0.1) is 0 Å². The van der Waals surface area contributed by atoms with E-state index in [1.54, 1.807) is 0 Å². The number of hydrogen-bond acceptors (Lipinski definition) is 6. The van der Waals surface area contributed by atoms with Gasteiger partial charge in [0, 0.05) is 38.8 Å². The molecule has 184 valence electrons. The summed E-state index contributed by atoms with van der Waals surface area (Å²) in [5.74, 6) is 7.67. The highest BCUT2D eigenvalue weighted by molar-refractivity contribution is 5.90. The standard InChI is InChI=1S/C26H32N6O3/c1-2-3-11-22-28-23-21(10-7-12-30-13-15-31(16-14-30)26(33)34)17-32(24(23)25(27)29-22)19-35-18-20-8-5-4-6-9-20/h4-6,8-9,17H,2-3,11-16,18-19H2,1H3,(H,33,34)(H2,27,28,29). The average molecular weight is 477 g/mol. The van der Waals surface area contributed by atoms with Crippen LogP contribution in [0.1, 0.15) is 36.7 Å². The second-order valence-corrected chi connectivity index (χ2v) is 8.65. The summed E-state index contributed by atoms with van der Waals surface area (Å²) in [5.41, 5.74) is 9.74. The molecule has 2 aromatic heterocycles. The van der Waals surface area contributed by atoms with Crippen molar-refractivity contribution in [2.24, 2.45) is 0 Å². The monoisotopic (exact) mass is 476 g/mol. The van der Waals surface area contributed by atoms with Gasteiger partial charge in [-0.2, -0.15) is 0 Å². The number of anilines is 1. The first-order valence-electron chi connectivity index (χ1n) is 12.0. The first-order chi connectivity index (χ1) is 17.0. The van der Waals surface area contributed by atoms with Crippen LogP contribution >= 0.6 is 0 Å². The Labute approximate surface area is 205 Å². The zero-order chi connectivity index (χ0) is 24.6. The molecule has 4 rings (SSSR count). The van der Waals surface area contributed by atoms with Gasteiger partial charge in [0.05, 0.1) is 18.7 Å². The first kappa shape index (κ1) is 24.5. The van der Waals surface area contributed by atoms with Crippen molar-refractivity contribution >= 4 is 22.9 Å². The third kappa shape index (κ3) is 6.29. The molecule has 1 aliphatic heterocycles. The summed E-state index contributed by atoms with van der Waals surface area (Å²) in [6.07, 6.45) is 3.88. The number of benzene rings is 1. The maximum atomic E-state index is 11.1. The first-order valence-corrected chi connectivity index (χ1v) is 12.0. The van der Waals surface area contributed by atoms with Gasteiger partial charge in [-0.1, -0.05) is 55.5 Å². The molecule has 35 heavy (non-hydrogen) atoms. The number of nitrogens with two attached hydrogens (primary N) is 1. The van der Waals surface area contributed by atoms with Crippen LogP contribution in [0.15, 0.2) is 36.5 Å². The van der Waals surface area contributed by atoms with Crippen LogP contribution < -0.4 is 5.73 Å². The van der Waals surface area contributed by atoms with Crippen LogP contribution in [0, 0.1) is 11.8 Å². The van der Waals surface area contributed by atoms with Crippen LogP contribution in [-0.2, 0) is 24.5 Å². The van der Waals surface area contributed by atoms with Gasteiger partial charge >= 0.3 is 6.09 Å². The number of aromatic nitrogens is 3. The van der Waals surface area contributed by atoms with Gasteiger partial charge in [0.1, 0.15) is 23.6 Å². The number of aryl methyl sites for hydroxylation is 1. The van der Waals surface area contributed by atoms with E-state index >= 15 is 0 Å². The van der Waals surface area contributed by atoms with E-state index in [2.05, 4.69) is 28.6 Å². The molecule has 0 aliphatic carbocycles. The van der Waals surface area contributed by atoms with Gasteiger partial charge in [-0.3, -0.25) is 4.90 Å². The summed E-state index contributed by atoms with van der Waals surface area (Å²) in [6.45, 7) is 5.84. The van der Waals surface area contributed by atoms with Gasteiger partial charge in [-0.05, 0) is 12.0 Å². The Hall–Kier alpha value is -3.61. The largest absolute Gasteiger partial charge is 0.465 e. The highest BCUT2D eigenvalue weighted by Crippen LogP contribution is 2.24. The summed E-state index contributed by atoms with van der Waals surface area (Å²) in [4.78, 5) is 24.0. The predicted octanol–water partition coefficient (Wildman–Crippen LogP) is 3.18. The molecule has 9 heteroatoms. The zero-order valence-electron chi connectivity index (χ0n) is 20.1. The molecule has 1 aliphatic rings. The minimum absolute atomic E-state index is 0.312. The summed E-state index contributed by atoms with van der Waals surface area (Å²) in [6, 6.07) is 10.0. The Balaban J connectivity index is 1.52. The van der Waals surface area contributed by atoms with Crippen LogP contribution in [0.3, 0.4) is 0 Å². The Kier molecular flexibility index (Phi) is 8.19. The van der Waals surface area contributed by atoms with Gasteiger partial charge in [-0.25, -0.2) is 14.8 Å². The van der Waals surface area contributed by atoms with Crippen LogP contribution in [0.4, 0.5) is 10.6 Å². The minimum atomic E-state index is -0.867. The van der Waals surface area contributed by atoms with E-state index in [1.807, 2.05) is 41.1 Å². The molecule has 1 amide bonds. The Morgan fingerprint density at radius 3 is 2.66 bits per heavy atom. The number of nitrogen functional groups attached to an aromatic ring is 1. The summed E-state index contributed by atoms with van der Waals surface area (Å²) in [5, 5.41) is 9.12. The number of hydrogen-bond donors (Lipinski definition) is 2. The third-order valence-electron chi connectivity index (χ3n) is 6.05. The molecule has 1 saturated heterocycles. The minimum Gasteiger partial charge on any atom is -0.465 e. The number of carbonyl (C=O) groups is 1. The van der Waals surface area contributed by atoms with Gasteiger partial charge in [0.2, 0.25) is 0 Å². The summed E-state index contributed by atoms with van der Waals surface area (Å²) < 4.78 is 7.87. The molecule has 9 nitrogen and oxygen atoms in total.